The van der Waals surface area contributed by atoms with E-state index in [2.05, 4.69) is 5.32 Å². The highest BCUT2D eigenvalue weighted by Crippen LogP contribution is 2.08. The maximum absolute atomic E-state index is 12.1. The average molecular weight is 219 g/mol. The molecule has 1 aliphatic heterocycles. The molecular weight excluding hydrogens is 202 g/mol. The summed E-state index contributed by atoms with van der Waals surface area (Å²) in [6, 6.07) is 7.53. The van der Waals surface area contributed by atoms with E-state index in [1.165, 1.54) is 0 Å². The molecular formula is C12H17N3O. The Morgan fingerprint density at radius 3 is 2.44 bits per heavy atom. The first-order valence-electron chi connectivity index (χ1n) is 5.60. The van der Waals surface area contributed by atoms with E-state index in [1.54, 1.807) is 0 Å². The fourth-order valence-electron chi connectivity index (χ4n) is 1.83. The summed E-state index contributed by atoms with van der Waals surface area (Å²) in [5.74, 6) is 0.116. The van der Waals surface area contributed by atoms with Crippen molar-refractivity contribution in [2.45, 2.75) is 6.54 Å². The van der Waals surface area contributed by atoms with Gasteiger partial charge in [-0.05, 0) is 17.7 Å². The minimum atomic E-state index is 0.116. The molecule has 2 rings (SSSR count). The normalized spacial score (nSPS) is 16.2. The van der Waals surface area contributed by atoms with E-state index in [0.29, 0.717) is 6.54 Å². The van der Waals surface area contributed by atoms with Gasteiger partial charge in [0.15, 0.2) is 0 Å². The molecule has 86 valence electrons. The molecule has 1 aliphatic rings. The molecule has 1 heterocycles. The van der Waals surface area contributed by atoms with Gasteiger partial charge in [-0.3, -0.25) is 4.79 Å². The molecule has 0 unspecified atom stereocenters. The standard InChI is InChI=1S/C12H17N3O/c13-9-10-1-3-11(4-2-10)12(16)15-7-5-14-6-8-15/h1-4,14H,5-9,13H2. The van der Waals surface area contributed by atoms with Crippen molar-refractivity contribution in [1.82, 2.24) is 10.2 Å². The third kappa shape index (κ3) is 2.40. The largest absolute Gasteiger partial charge is 0.336 e. The van der Waals surface area contributed by atoms with Crippen molar-refractivity contribution in [3.8, 4) is 0 Å². The zero-order valence-electron chi connectivity index (χ0n) is 9.28. The van der Waals surface area contributed by atoms with Crippen LogP contribution < -0.4 is 11.1 Å². The molecule has 1 amide bonds. The van der Waals surface area contributed by atoms with Crippen LogP contribution in [-0.4, -0.2) is 37.0 Å². The first-order chi connectivity index (χ1) is 7.81. The molecule has 1 aromatic carbocycles. The number of carbonyl (C=O) groups excluding carboxylic acids is 1. The van der Waals surface area contributed by atoms with Crippen LogP contribution in [0.3, 0.4) is 0 Å². The first kappa shape index (κ1) is 11.1. The smallest absolute Gasteiger partial charge is 0.253 e. The Kier molecular flexibility index (Phi) is 3.54. The topological polar surface area (TPSA) is 58.4 Å². The Bertz CT molecular complexity index is 355. The van der Waals surface area contributed by atoms with Gasteiger partial charge >= 0.3 is 0 Å². The van der Waals surface area contributed by atoms with Gasteiger partial charge < -0.3 is 16.0 Å². The Hall–Kier alpha value is -1.39. The number of carbonyl (C=O) groups is 1. The van der Waals surface area contributed by atoms with Crippen LogP contribution in [0.5, 0.6) is 0 Å². The maximum Gasteiger partial charge on any atom is 0.253 e. The molecule has 1 aromatic rings. The van der Waals surface area contributed by atoms with Crippen molar-refractivity contribution in [1.29, 1.82) is 0 Å². The highest BCUT2D eigenvalue weighted by Gasteiger charge is 2.17. The molecule has 1 saturated heterocycles. The predicted molar refractivity (Wildman–Crippen MR) is 63.1 cm³/mol. The molecule has 0 atom stereocenters. The molecule has 3 N–H and O–H groups in total. The third-order valence-corrected chi connectivity index (χ3v) is 2.84. The Morgan fingerprint density at radius 1 is 1.25 bits per heavy atom. The van der Waals surface area contributed by atoms with Crippen LogP contribution in [0.4, 0.5) is 0 Å². The molecule has 0 aromatic heterocycles. The van der Waals surface area contributed by atoms with Gasteiger partial charge in [0.2, 0.25) is 0 Å². The summed E-state index contributed by atoms with van der Waals surface area (Å²) in [5, 5.41) is 3.23. The maximum atomic E-state index is 12.1. The van der Waals surface area contributed by atoms with E-state index >= 15 is 0 Å². The van der Waals surface area contributed by atoms with Crippen molar-refractivity contribution in [3.05, 3.63) is 35.4 Å². The van der Waals surface area contributed by atoms with E-state index in [1.807, 2.05) is 29.2 Å². The van der Waals surface area contributed by atoms with Gasteiger partial charge in [0.05, 0.1) is 0 Å². The van der Waals surface area contributed by atoms with Crippen molar-refractivity contribution in [2.75, 3.05) is 26.2 Å². The number of amides is 1. The zero-order chi connectivity index (χ0) is 11.4. The van der Waals surface area contributed by atoms with Crippen LogP contribution in [0, 0.1) is 0 Å². The molecule has 0 spiro atoms. The third-order valence-electron chi connectivity index (χ3n) is 2.84. The second-order valence-corrected chi connectivity index (χ2v) is 3.94. The molecule has 1 fully saturated rings. The van der Waals surface area contributed by atoms with E-state index in [-0.39, 0.29) is 5.91 Å². The SMILES string of the molecule is NCc1ccc(C(=O)N2CCNCC2)cc1. The van der Waals surface area contributed by atoms with Crippen molar-refractivity contribution >= 4 is 5.91 Å². The predicted octanol–water partition coefficient (Wildman–Crippen LogP) is 0.191. The molecule has 0 bridgehead atoms. The van der Waals surface area contributed by atoms with Crippen LogP contribution in [0.1, 0.15) is 15.9 Å². The zero-order valence-corrected chi connectivity index (χ0v) is 9.28. The number of benzene rings is 1. The summed E-state index contributed by atoms with van der Waals surface area (Å²) in [6.45, 7) is 3.86. The first-order valence-corrected chi connectivity index (χ1v) is 5.60. The quantitative estimate of drug-likeness (QED) is 0.746. The Balaban J connectivity index is 2.07. The van der Waals surface area contributed by atoms with E-state index in [0.717, 1.165) is 37.3 Å². The summed E-state index contributed by atoms with van der Waals surface area (Å²) in [5.41, 5.74) is 7.32. The van der Waals surface area contributed by atoms with Crippen molar-refractivity contribution < 1.29 is 4.79 Å². The van der Waals surface area contributed by atoms with E-state index in [4.69, 9.17) is 5.73 Å². The fraction of sp³-hybridized carbons (Fsp3) is 0.417. The highest BCUT2D eigenvalue weighted by atomic mass is 16.2. The fourth-order valence-corrected chi connectivity index (χ4v) is 1.83. The number of nitrogens with two attached hydrogens (primary N) is 1. The Morgan fingerprint density at radius 2 is 1.88 bits per heavy atom. The number of piperazine rings is 1. The van der Waals surface area contributed by atoms with Crippen molar-refractivity contribution in [3.63, 3.8) is 0 Å². The van der Waals surface area contributed by atoms with Crippen LogP contribution in [0.25, 0.3) is 0 Å². The lowest BCUT2D eigenvalue weighted by Gasteiger charge is -2.27. The minimum Gasteiger partial charge on any atom is -0.336 e. The van der Waals surface area contributed by atoms with Crippen LogP contribution in [0.15, 0.2) is 24.3 Å². The number of nitrogens with one attached hydrogen (secondary N) is 1. The lowest BCUT2D eigenvalue weighted by Crippen LogP contribution is -2.46. The lowest BCUT2D eigenvalue weighted by atomic mass is 10.1. The van der Waals surface area contributed by atoms with Gasteiger partial charge in [-0.25, -0.2) is 0 Å². The Labute approximate surface area is 95.4 Å². The number of hydrogen-bond donors (Lipinski definition) is 2. The molecule has 4 nitrogen and oxygen atoms in total. The average Bonchev–Trinajstić information content (AvgIpc) is 2.39. The van der Waals surface area contributed by atoms with Gasteiger partial charge in [-0.15, -0.1) is 0 Å². The molecule has 16 heavy (non-hydrogen) atoms. The molecule has 4 heteroatoms. The second-order valence-electron chi connectivity index (χ2n) is 3.94. The second kappa shape index (κ2) is 5.09. The van der Waals surface area contributed by atoms with Gasteiger partial charge in [-0.1, -0.05) is 12.1 Å². The van der Waals surface area contributed by atoms with Gasteiger partial charge in [0.1, 0.15) is 0 Å². The van der Waals surface area contributed by atoms with E-state index in [9.17, 15) is 4.79 Å². The van der Waals surface area contributed by atoms with Gasteiger partial charge in [0.25, 0.3) is 5.91 Å². The summed E-state index contributed by atoms with van der Waals surface area (Å²) >= 11 is 0. The summed E-state index contributed by atoms with van der Waals surface area (Å²) in [4.78, 5) is 13.9. The summed E-state index contributed by atoms with van der Waals surface area (Å²) in [6.07, 6.45) is 0. The van der Waals surface area contributed by atoms with Gasteiger partial charge in [-0.2, -0.15) is 0 Å². The number of hydrogen-bond acceptors (Lipinski definition) is 3. The number of nitrogens with zero attached hydrogens (tertiary/aromatic N) is 1. The molecule has 0 aliphatic carbocycles. The lowest BCUT2D eigenvalue weighted by molar-refractivity contribution is 0.0736. The van der Waals surface area contributed by atoms with Crippen LogP contribution in [-0.2, 0) is 6.54 Å². The van der Waals surface area contributed by atoms with E-state index < -0.39 is 0 Å². The van der Waals surface area contributed by atoms with Gasteiger partial charge in [0, 0.05) is 38.3 Å². The molecule has 0 radical (unpaired) electrons. The minimum absolute atomic E-state index is 0.116. The summed E-state index contributed by atoms with van der Waals surface area (Å²) in [7, 11) is 0. The number of rotatable bonds is 2. The van der Waals surface area contributed by atoms with Crippen molar-refractivity contribution in [2.24, 2.45) is 5.73 Å². The van der Waals surface area contributed by atoms with Crippen LogP contribution >= 0.6 is 0 Å². The highest BCUT2D eigenvalue weighted by molar-refractivity contribution is 5.94. The molecule has 0 saturated carbocycles. The monoisotopic (exact) mass is 219 g/mol. The van der Waals surface area contributed by atoms with Crippen LogP contribution in [0.2, 0.25) is 0 Å². The summed E-state index contributed by atoms with van der Waals surface area (Å²) < 4.78 is 0.